The number of anilines is 2. The summed E-state index contributed by atoms with van der Waals surface area (Å²) in [5, 5.41) is 5.32. The van der Waals surface area contributed by atoms with E-state index in [-0.39, 0.29) is 15.4 Å². The minimum Gasteiger partial charge on any atom is -0.439 e. The summed E-state index contributed by atoms with van der Waals surface area (Å²) >= 11 is 0. The normalized spacial score (nSPS) is 18.5. The molecule has 0 radical (unpaired) electrons. The molecule has 0 fully saturated rings. The van der Waals surface area contributed by atoms with Crippen molar-refractivity contribution in [3.8, 4) is 5.75 Å². The zero-order chi connectivity index (χ0) is 24.8. The number of allylic oxidation sites excluding steroid dienone is 2. The van der Waals surface area contributed by atoms with Crippen LogP contribution >= 0.6 is 0 Å². The molecule has 2 aromatic rings. The minimum atomic E-state index is -4.38. The number of benzene rings is 2. The van der Waals surface area contributed by atoms with Gasteiger partial charge in [0.1, 0.15) is 0 Å². The van der Waals surface area contributed by atoms with Gasteiger partial charge in [0.05, 0.1) is 32.5 Å². The number of hydrazone groups is 1. The molecule has 0 unspecified atom stereocenters. The summed E-state index contributed by atoms with van der Waals surface area (Å²) in [7, 11) is -8.75. The van der Waals surface area contributed by atoms with Crippen molar-refractivity contribution in [1.82, 2.24) is 0 Å². The van der Waals surface area contributed by atoms with Crippen molar-refractivity contribution < 1.29 is 35.5 Å². The molecule has 4 rings (SSSR count). The van der Waals surface area contributed by atoms with Crippen molar-refractivity contribution in [1.29, 1.82) is 0 Å². The zero-order valence-electron chi connectivity index (χ0n) is 17.9. The molecule has 0 saturated carbocycles. The summed E-state index contributed by atoms with van der Waals surface area (Å²) in [5.41, 5.74) is 1.43. The van der Waals surface area contributed by atoms with Gasteiger partial charge in [0.25, 0.3) is 26.1 Å². The molecule has 178 valence electrons. The average molecular weight is 506 g/mol. The Bertz CT molecular complexity index is 1490. The molecule has 0 saturated heterocycles. The van der Waals surface area contributed by atoms with Crippen LogP contribution in [0, 0.1) is 0 Å². The molecule has 2 heterocycles. The lowest BCUT2D eigenvalue weighted by molar-refractivity contribution is -0.114. The summed E-state index contributed by atoms with van der Waals surface area (Å²) < 4.78 is 69.6. The Kier molecular flexibility index (Phi) is 5.81. The molecule has 0 aromatic heterocycles. The SMILES string of the molecule is CCN1/C(=C/C=C2/C(=O)N(c3ccc(S(=O)(=O)O)cc3)N=C2C)Oc2ccc(S(=O)(=O)O)cc21. The van der Waals surface area contributed by atoms with Gasteiger partial charge in [0.15, 0.2) is 5.75 Å². The summed E-state index contributed by atoms with van der Waals surface area (Å²) in [6.07, 6.45) is 3.06. The van der Waals surface area contributed by atoms with E-state index in [0.717, 1.165) is 17.1 Å². The smallest absolute Gasteiger partial charge is 0.294 e. The van der Waals surface area contributed by atoms with Gasteiger partial charge in [-0.25, -0.2) is 0 Å². The first-order chi connectivity index (χ1) is 15.9. The molecule has 2 N–H and O–H groups in total. The lowest BCUT2D eigenvalue weighted by atomic mass is 10.1. The van der Waals surface area contributed by atoms with Crippen LogP contribution in [-0.4, -0.2) is 44.1 Å². The fourth-order valence-electron chi connectivity index (χ4n) is 3.49. The van der Waals surface area contributed by atoms with Gasteiger partial charge in [-0.1, -0.05) is 0 Å². The van der Waals surface area contributed by atoms with Gasteiger partial charge >= 0.3 is 0 Å². The van der Waals surface area contributed by atoms with E-state index in [1.165, 1.54) is 36.4 Å². The fourth-order valence-corrected chi connectivity index (χ4v) is 4.47. The van der Waals surface area contributed by atoms with E-state index in [0.29, 0.717) is 35.3 Å². The van der Waals surface area contributed by atoms with E-state index in [1.807, 2.05) is 6.92 Å². The van der Waals surface area contributed by atoms with Gasteiger partial charge in [-0.15, -0.1) is 0 Å². The highest BCUT2D eigenvalue weighted by Crippen LogP contribution is 2.40. The van der Waals surface area contributed by atoms with Gasteiger partial charge in [-0.3, -0.25) is 13.9 Å². The number of hydrogen-bond donors (Lipinski definition) is 2. The van der Waals surface area contributed by atoms with E-state index >= 15 is 0 Å². The average Bonchev–Trinajstić information content (AvgIpc) is 3.26. The standard InChI is InChI=1S/C21H19N3O8S2/c1-3-23-18-12-16(34(29,30)31)8-10-19(18)32-20(23)11-9-17-13(2)22-24(21(17)25)14-4-6-15(7-5-14)33(26,27)28/h4-12H,3H2,1-2H3,(H,26,27,28)(H,29,30,31)/b17-9+,20-11-. The van der Waals surface area contributed by atoms with Gasteiger partial charge in [-0.2, -0.15) is 26.9 Å². The fraction of sp³-hybridized carbons (Fsp3) is 0.143. The van der Waals surface area contributed by atoms with Crippen LogP contribution in [0.1, 0.15) is 13.8 Å². The Morgan fingerprint density at radius 3 is 2.18 bits per heavy atom. The van der Waals surface area contributed by atoms with Crippen LogP contribution in [0.25, 0.3) is 0 Å². The van der Waals surface area contributed by atoms with E-state index in [4.69, 9.17) is 9.29 Å². The van der Waals surface area contributed by atoms with Crippen molar-refractivity contribution in [2.45, 2.75) is 23.6 Å². The third-order valence-corrected chi connectivity index (χ3v) is 6.87. The van der Waals surface area contributed by atoms with Crippen LogP contribution in [0.5, 0.6) is 5.75 Å². The van der Waals surface area contributed by atoms with Crippen LogP contribution < -0.4 is 14.6 Å². The van der Waals surface area contributed by atoms with Crippen LogP contribution in [0.3, 0.4) is 0 Å². The van der Waals surface area contributed by atoms with Gasteiger partial charge in [-0.05, 0) is 68.5 Å². The quantitative estimate of drug-likeness (QED) is 0.461. The molecule has 13 heteroatoms. The van der Waals surface area contributed by atoms with Crippen molar-refractivity contribution in [2.24, 2.45) is 5.10 Å². The zero-order valence-corrected chi connectivity index (χ0v) is 19.5. The lowest BCUT2D eigenvalue weighted by Crippen LogP contribution is -2.22. The predicted octanol–water partition coefficient (Wildman–Crippen LogP) is 2.59. The highest BCUT2D eigenvalue weighted by Gasteiger charge is 2.30. The number of hydrogen-bond acceptors (Lipinski definition) is 8. The minimum absolute atomic E-state index is 0.264. The number of nitrogens with zero attached hydrogens (tertiary/aromatic N) is 3. The summed E-state index contributed by atoms with van der Waals surface area (Å²) in [5.74, 6) is 0.276. The topological polar surface area (TPSA) is 154 Å². The van der Waals surface area contributed by atoms with E-state index in [9.17, 15) is 26.2 Å². The highest BCUT2D eigenvalue weighted by molar-refractivity contribution is 7.86. The van der Waals surface area contributed by atoms with E-state index < -0.39 is 26.1 Å². The third kappa shape index (κ3) is 4.33. The number of amides is 1. The Hall–Kier alpha value is -3.52. The number of fused-ring (bicyclic) bond motifs is 1. The highest BCUT2D eigenvalue weighted by atomic mass is 32.2. The van der Waals surface area contributed by atoms with Crippen molar-refractivity contribution in [2.75, 3.05) is 16.5 Å². The summed E-state index contributed by atoms with van der Waals surface area (Å²) in [6, 6.07) is 8.98. The van der Waals surface area contributed by atoms with Crippen LogP contribution in [0.15, 0.2) is 81.0 Å². The van der Waals surface area contributed by atoms with Gasteiger partial charge < -0.3 is 9.64 Å². The van der Waals surface area contributed by atoms with Crippen molar-refractivity contribution in [3.05, 3.63) is 66.1 Å². The van der Waals surface area contributed by atoms with Crippen LogP contribution in [-0.2, 0) is 25.0 Å². The molecule has 0 atom stereocenters. The maximum Gasteiger partial charge on any atom is 0.294 e. The Labute approximate surface area is 195 Å². The third-order valence-electron chi connectivity index (χ3n) is 5.15. The van der Waals surface area contributed by atoms with E-state index in [1.54, 1.807) is 17.9 Å². The summed E-state index contributed by atoms with van der Waals surface area (Å²) in [6.45, 7) is 3.88. The van der Waals surface area contributed by atoms with Gasteiger partial charge in [0, 0.05) is 6.54 Å². The van der Waals surface area contributed by atoms with Crippen LogP contribution in [0.2, 0.25) is 0 Å². The Morgan fingerprint density at radius 1 is 0.971 bits per heavy atom. The first-order valence-electron chi connectivity index (χ1n) is 9.86. The maximum absolute atomic E-state index is 12.9. The molecule has 11 nitrogen and oxygen atoms in total. The number of rotatable bonds is 5. The summed E-state index contributed by atoms with van der Waals surface area (Å²) in [4.78, 5) is 14.0. The predicted molar refractivity (Wildman–Crippen MR) is 123 cm³/mol. The lowest BCUT2D eigenvalue weighted by Gasteiger charge is -2.15. The molecular formula is C21H19N3O8S2. The van der Waals surface area contributed by atoms with Crippen LogP contribution in [0.4, 0.5) is 11.4 Å². The Morgan fingerprint density at radius 2 is 1.59 bits per heavy atom. The Balaban J connectivity index is 1.61. The second-order valence-electron chi connectivity index (χ2n) is 7.31. The second-order valence-corrected chi connectivity index (χ2v) is 10.2. The molecule has 0 bridgehead atoms. The molecular weight excluding hydrogens is 486 g/mol. The first kappa shape index (κ1) is 23.6. The molecule has 0 aliphatic carbocycles. The largest absolute Gasteiger partial charge is 0.439 e. The maximum atomic E-state index is 12.9. The molecule has 2 aromatic carbocycles. The molecule has 0 spiro atoms. The number of carbonyl (C=O) groups is 1. The van der Waals surface area contributed by atoms with Crippen molar-refractivity contribution in [3.63, 3.8) is 0 Å². The number of ether oxygens (including phenoxy) is 1. The van der Waals surface area contributed by atoms with E-state index in [2.05, 4.69) is 5.10 Å². The first-order valence-corrected chi connectivity index (χ1v) is 12.7. The molecule has 34 heavy (non-hydrogen) atoms. The molecule has 2 aliphatic heterocycles. The van der Waals surface area contributed by atoms with Crippen molar-refractivity contribution >= 4 is 43.2 Å². The monoisotopic (exact) mass is 505 g/mol. The second kappa shape index (κ2) is 8.36. The van der Waals surface area contributed by atoms with Gasteiger partial charge in [0.2, 0.25) is 5.88 Å². The number of carbonyl (C=O) groups excluding carboxylic acids is 1. The molecule has 2 aliphatic rings. The molecule has 1 amide bonds.